The molecule has 2 heterocycles. The highest BCUT2D eigenvalue weighted by atomic mass is 16.4. The predicted octanol–water partition coefficient (Wildman–Crippen LogP) is 2.43. The third-order valence-corrected chi connectivity index (χ3v) is 3.78. The van der Waals surface area contributed by atoms with Crippen LogP contribution in [0.4, 0.5) is 0 Å². The summed E-state index contributed by atoms with van der Waals surface area (Å²) >= 11 is 0. The number of aromatic nitrogens is 4. The molecule has 3 rings (SSSR count). The van der Waals surface area contributed by atoms with E-state index in [0.717, 1.165) is 35.5 Å². The van der Waals surface area contributed by atoms with Crippen LogP contribution in [0.25, 0.3) is 5.95 Å². The second-order valence-corrected chi connectivity index (χ2v) is 6.43. The van der Waals surface area contributed by atoms with Crippen LogP contribution in [0.2, 0.25) is 0 Å². The Morgan fingerprint density at radius 2 is 2.05 bits per heavy atom. The van der Waals surface area contributed by atoms with Crippen LogP contribution in [-0.2, 0) is 6.42 Å². The minimum atomic E-state index is 0.0231. The van der Waals surface area contributed by atoms with E-state index in [0.29, 0.717) is 11.7 Å². The molecule has 0 aromatic carbocycles. The highest BCUT2D eigenvalue weighted by molar-refractivity contribution is 6.02. The topological polar surface area (TPSA) is 76.2 Å². The molecule has 0 bridgehead atoms. The fourth-order valence-corrected chi connectivity index (χ4v) is 2.87. The molecule has 0 aliphatic heterocycles. The number of hydrogen-bond acceptors (Lipinski definition) is 5. The maximum absolute atomic E-state index is 9.22. The molecule has 0 amide bonds. The first-order chi connectivity index (χ1) is 9.89. The lowest BCUT2D eigenvalue weighted by Gasteiger charge is -2.30. The number of aryl methyl sites for hydroxylation is 2. The van der Waals surface area contributed by atoms with E-state index in [2.05, 4.69) is 34.1 Å². The highest BCUT2D eigenvalue weighted by Crippen LogP contribution is 2.34. The number of fused-ring (bicyclic) bond motifs is 1. The molecular formula is C15H19N5O. The van der Waals surface area contributed by atoms with Gasteiger partial charge in [0.25, 0.3) is 5.95 Å². The van der Waals surface area contributed by atoms with Crippen molar-refractivity contribution in [1.82, 2.24) is 19.7 Å². The maximum Gasteiger partial charge on any atom is 0.250 e. The van der Waals surface area contributed by atoms with Gasteiger partial charge in [0.05, 0.1) is 17.1 Å². The Labute approximate surface area is 123 Å². The normalized spacial score (nSPS) is 18.8. The van der Waals surface area contributed by atoms with Gasteiger partial charge >= 0.3 is 0 Å². The van der Waals surface area contributed by atoms with Gasteiger partial charge < -0.3 is 5.21 Å². The summed E-state index contributed by atoms with van der Waals surface area (Å²) in [6.45, 7) is 8.22. The Bertz CT molecular complexity index is 730. The van der Waals surface area contributed by atoms with Gasteiger partial charge in [0, 0.05) is 17.5 Å². The van der Waals surface area contributed by atoms with Gasteiger partial charge in [-0.15, -0.1) is 0 Å². The summed E-state index contributed by atoms with van der Waals surface area (Å²) in [4.78, 5) is 9.03. The van der Waals surface area contributed by atoms with E-state index in [1.165, 1.54) is 0 Å². The standard InChI is InChI=1S/C15H19N5O/c1-9-5-10(2)20(18-9)14-16-8-11-12(17-14)6-15(3,4)7-13(11)19-21/h5,8,21H,6-7H2,1-4H3/b19-13+. The van der Waals surface area contributed by atoms with E-state index in [9.17, 15) is 5.21 Å². The first-order valence-electron chi connectivity index (χ1n) is 7.00. The van der Waals surface area contributed by atoms with Crippen molar-refractivity contribution in [2.75, 3.05) is 0 Å². The number of oxime groups is 1. The van der Waals surface area contributed by atoms with Crippen LogP contribution < -0.4 is 0 Å². The predicted molar refractivity (Wildman–Crippen MR) is 79.1 cm³/mol. The van der Waals surface area contributed by atoms with Crippen molar-refractivity contribution >= 4 is 5.71 Å². The fraction of sp³-hybridized carbons (Fsp3) is 0.467. The molecule has 0 fully saturated rings. The zero-order valence-corrected chi connectivity index (χ0v) is 12.8. The monoisotopic (exact) mass is 285 g/mol. The molecule has 2 aromatic rings. The van der Waals surface area contributed by atoms with E-state index in [1.54, 1.807) is 10.9 Å². The SMILES string of the molecule is Cc1cc(C)n(-c2ncc3c(n2)CC(C)(C)C/C3=N\O)n1. The van der Waals surface area contributed by atoms with Crippen molar-refractivity contribution in [3.63, 3.8) is 0 Å². The zero-order valence-electron chi connectivity index (χ0n) is 12.8. The Kier molecular flexibility index (Phi) is 3.04. The van der Waals surface area contributed by atoms with Crippen LogP contribution in [0, 0.1) is 19.3 Å². The lowest BCUT2D eigenvalue weighted by atomic mass is 9.76. The summed E-state index contributed by atoms with van der Waals surface area (Å²) in [7, 11) is 0. The average molecular weight is 285 g/mol. The molecule has 6 nitrogen and oxygen atoms in total. The van der Waals surface area contributed by atoms with Gasteiger partial charge in [-0.1, -0.05) is 19.0 Å². The smallest absolute Gasteiger partial charge is 0.250 e. The van der Waals surface area contributed by atoms with Gasteiger partial charge in [0.15, 0.2) is 0 Å². The van der Waals surface area contributed by atoms with E-state index in [4.69, 9.17) is 0 Å². The Morgan fingerprint density at radius 1 is 1.29 bits per heavy atom. The van der Waals surface area contributed by atoms with E-state index < -0.39 is 0 Å². The molecule has 1 aliphatic rings. The first kappa shape index (κ1) is 13.7. The highest BCUT2D eigenvalue weighted by Gasteiger charge is 2.31. The largest absolute Gasteiger partial charge is 0.411 e. The third-order valence-electron chi connectivity index (χ3n) is 3.78. The summed E-state index contributed by atoms with van der Waals surface area (Å²) in [5.41, 5.74) is 4.36. The van der Waals surface area contributed by atoms with Crippen molar-refractivity contribution < 1.29 is 5.21 Å². The van der Waals surface area contributed by atoms with Crippen LogP contribution in [0.1, 0.15) is 42.9 Å². The lowest BCUT2D eigenvalue weighted by Crippen LogP contribution is -2.29. The van der Waals surface area contributed by atoms with Crippen molar-refractivity contribution in [2.45, 2.75) is 40.5 Å². The van der Waals surface area contributed by atoms with Crippen LogP contribution in [0.5, 0.6) is 0 Å². The molecule has 0 atom stereocenters. The molecule has 0 spiro atoms. The molecule has 6 heteroatoms. The van der Waals surface area contributed by atoms with Gasteiger partial charge in [-0.3, -0.25) is 0 Å². The third kappa shape index (κ3) is 2.41. The van der Waals surface area contributed by atoms with E-state index in [-0.39, 0.29) is 5.41 Å². The van der Waals surface area contributed by atoms with Crippen LogP contribution in [0.3, 0.4) is 0 Å². The first-order valence-corrected chi connectivity index (χ1v) is 7.00. The minimum Gasteiger partial charge on any atom is -0.411 e. The van der Waals surface area contributed by atoms with Crippen LogP contribution >= 0.6 is 0 Å². The van der Waals surface area contributed by atoms with E-state index in [1.807, 2.05) is 19.9 Å². The van der Waals surface area contributed by atoms with Crippen molar-refractivity contribution in [2.24, 2.45) is 10.6 Å². The summed E-state index contributed by atoms with van der Waals surface area (Å²) in [5, 5.41) is 17.1. The molecule has 0 radical (unpaired) electrons. The van der Waals surface area contributed by atoms with Gasteiger partial charge in [-0.2, -0.15) is 5.10 Å². The van der Waals surface area contributed by atoms with Crippen molar-refractivity contribution in [3.8, 4) is 5.95 Å². The molecule has 2 aromatic heterocycles. The maximum atomic E-state index is 9.22. The van der Waals surface area contributed by atoms with Gasteiger partial charge in [-0.25, -0.2) is 14.6 Å². The molecule has 0 saturated carbocycles. The number of hydrogen-bond donors (Lipinski definition) is 1. The molecular weight excluding hydrogens is 266 g/mol. The molecule has 0 saturated heterocycles. The Balaban J connectivity index is 2.11. The van der Waals surface area contributed by atoms with Gasteiger partial charge in [0.2, 0.25) is 0 Å². The lowest BCUT2D eigenvalue weighted by molar-refractivity contribution is 0.305. The summed E-state index contributed by atoms with van der Waals surface area (Å²) < 4.78 is 1.74. The Morgan fingerprint density at radius 3 is 2.67 bits per heavy atom. The number of nitrogens with zero attached hydrogens (tertiary/aromatic N) is 5. The van der Waals surface area contributed by atoms with Crippen LogP contribution in [-0.4, -0.2) is 30.7 Å². The molecule has 0 unspecified atom stereocenters. The summed E-state index contributed by atoms with van der Waals surface area (Å²) in [6.07, 6.45) is 3.29. The fourth-order valence-electron chi connectivity index (χ4n) is 2.87. The summed E-state index contributed by atoms with van der Waals surface area (Å²) in [5.74, 6) is 0.564. The molecule has 1 aliphatic carbocycles. The van der Waals surface area contributed by atoms with Gasteiger partial charge in [-0.05, 0) is 38.2 Å². The quantitative estimate of drug-likeness (QED) is 0.645. The second kappa shape index (κ2) is 4.65. The van der Waals surface area contributed by atoms with Crippen molar-refractivity contribution in [1.29, 1.82) is 0 Å². The minimum absolute atomic E-state index is 0.0231. The zero-order chi connectivity index (χ0) is 15.2. The number of rotatable bonds is 1. The molecule has 1 N–H and O–H groups in total. The Hall–Kier alpha value is -2.24. The van der Waals surface area contributed by atoms with Crippen LogP contribution in [0.15, 0.2) is 17.4 Å². The summed E-state index contributed by atoms with van der Waals surface area (Å²) in [6, 6.07) is 1.99. The molecule has 21 heavy (non-hydrogen) atoms. The molecule has 110 valence electrons. The van der Waals surface area contributed by atoms with Crippen molar-refractivity contribution in [3.05, 3.63) is 34.9 Å². The average Bonchev–Trinajstić information content (AvgIpc) is 2.75. The van der Waals surface area contributed by atoms with E-state index >= 15 is 0 Å². The second-order valence-electron chi connectivity index (χ2n) is 6.43. The van der Waals surface area contributed by atoms with Gasteiger partial charge in [0.1, 0.15) is 0 Å².